The highest BCUT2D eigenvalue weighted by Crippen LogP contribution is 2.36. The molecular weight excluding hydrogens is 436 g/mol. The summed E-state index contributed by atoms with van der Waals surface area (Å²) in [6.45, 7) is 4.95. The minimum atomic E-state index is -1.06. The second-order valence-electron chi connectivity index (χ2n) is 7.92. The highest BCUT2D eigenvalue weighted by molar-refractivity contribution is 7.16. The van der Waals surface area contributed by atoms with Crippen molar-refractivity contribution in [1.29, 1.82) is 0 Å². The number of anilines is 1. The number of carbonyl (C=O) groups is 1. The first-order chi connectivity index (χ1) is 14.9. The summed E-state index contributed by atoms with van der Waals surface area (Å²) in [6.07, 6.45) is 2.26. The topological polar surface area (TPSA) is 87.6 Å². The SMILES string of the molecule is COc1ccc(CNC2(C(=O)O)CCN(c3ncc4ccsc4n3)C(C)C2C)cc1Cl. The van der Waals surface area contributed by atoms with Crippen molar-refractivity contribution in [2.45, 2.75) is 38.4 Å². The van der Waals surface area contributed by atoms with Crippen LogP contribution >= 0.6 is 22.9 Å². The van der Waals surface area contributed by atoms with Gasteiger partial charge in [-0.05, 0) is 42.5 Å². The van der Waals surface area contributed by atoms with E-state index in [0.717, 1.165) is 15.8 Å². The molecule has 9 heteroatoms. The van der Waals surface area contributed by atoms with Crippen molar-refractivity contribution in [1.82, 2.24) is 15.3 Å². The lowest BCUT2D eigenvalue weighted by atomic mass is 9.74. The summed E-state index contributed by atoms with van der Waals surface area (Å²) in [4.78, 5) is 24.7. The number of rotatable bonds is 6. The highest BCUT2D eigenvalue weighted by Gasteiger charge is 2.50. The van der Waals surface area contributed by atoms with Gasteiger partial charge in [-0.2, -0.15) is 0 Å². The van der Waals surface area contributed by atoms with E-state index in [0.29, 0.717) is 36.2 Å². The van der Waals surface area contributed by atoms with E-state index in [1.165, 1.54) is 0 Å². The number of hydrogen-bond acceptors (Lipinski definition) is 7. The number of nitrogens with one attached hydrogen (secondary N) is 1. The van der Waals surface area contributed by atoms with Gasteiger partial charge in [-0.15, -0.1) is 11.3 Å². The zero-order valence-corrected chi connectivity index (χ0v) is 19.2. The van der Waals surface area contributed by atoms with Crippen molar-refractivity contribution in [3.8, 4) is 5.75 Å². The molecular formula is C22H25ClN4O3S. The van der Waals surface area contributed by atoms with Crippen molar-refractivity contribution in [2.75, 3.05) is 18.6 Å². The van der Waals surface area contributed by atoms with Crippen LogP contribution in [0.4, 0.5) is 5.95 Å². The van der Waals surface area contributed by atoms with Gasteiger partial charge in [-0.3, -0.25) is 10.1 Å². The summed E-state index contributed by atoms with van der Waals surface area (Å²) < 4.78 is 5.20. The molecule has 0 saturated carbocycles. The Morgan fingerprint density at radius 3 is 2.94 bits per heavy atom. The van der Waals surface area contributed by atoms with Crippen LogP contribution in [0.1, 0.15) is 25.8 Å². The van der Waals surface area contributed by atoms with E-state index in [1.807, 2.05) is 37.6 Å². The van der Waals surface area contributed by atoms with Crippen LogP contribution in [0.3, 0.4) is 0 Å². The lowest BCUT2D eigenvalue weighted by Crippen LogP contribution is -2.66. The molecule has 1 aliphatic heterocycles. The molecule has 7 nitrogen and oxygen atoms in total. The van der Waals surface area contributed by atoms with E-state index >= 15 is 0 Å². The van der Waals surface area contributed by atoms with E-state index in [4.69, 9.17) is 21.3 Å². The van der Waals surface area contributed by atoms with Crippen LogP contribution in [0.2, 0.25) is 5.02 Å². The first-order valence-corrected chi connectivity index (χ1v) is 11.4. The monoisotopic (exact) mass is 460 g/mol. The molecule has 0 spiro atoms. The molecule has 2 aromatic heterocycles. The Balaban J connectivity index is 1.54. The maximum Gasteiger partial charge on any atom is 0.324 e. The van der Waals surface area contributed by atoms with Crippen molar-refractivity contribution >= 4 is 45.1 Å². The van der Waals surface area contributed by atoms with Gasteiger partial charge in [0.05, 0.1) is 12.1 Å². The second kappa shape index (κ2) is 8.61. The van der Waals surface area contributed by atoms with Crippen molar-refractivity contribution in [2.24, 2.45) is 5.92 Å². The summed E-state index contributed by atoms with van der Waals surface area (Å²) >= 11 is 7.81. The normalized spacial score (nSPS) is 23.8. The number of hydrogen-bond donors (Lipinski definition) is 2. The number of fused-ring (bicyclic) bond motifs is 1. The van der Waals surface area contributed by atoms with Crippen LogP contribution in [0, 0.1) is 5.92 Å². The Kier molecular flexibility index (Phi) is 6.05. The fourth-order valence-electron chi connectivity index (χ4n) is 4.28. The maximum atomic E-state index is 12.4. The van der Waals surface area contributed by atoms with Gasteiger partial charge in [-0.25, -0.2) is 9.97 Å². The molecule has 1 aromatic carbocycles. The molecule has 0 amide bonds. The number of aliphatic carboxylic acids is 1. The Morgan fingerprint density at radius 2 is 2.23 bits per heavy atom. The number of carboxylic acid groups (broad SMARTS) is 1. The molecule has 1 aliphatic rings. The fraction of sp³-hybridized carbons (Fsp3) is 0.409. The molecule has 31 heavy (non-hydrogen) atoms. The number of methoxy groups -OCH3 is 1. The van der Waals surface area contributed by atoms with Crippen LogP contribution in [0.25, 0.3) is 10.2 Å². The molecule has 0 bridgehead atoms. The van der Waals surface area contributed by atoms with E-state index in [9.17, 15) is 9.90 Å². The van der Waals surface area contributed by atoms with Crippen molar-refractivity contribution in [3.05, 3.63) is 46.4 Å². The highest BCUT2D eigenvalue weighted by atomic mass is 35.5. The summed E-state index contributed by atoms with van der Waals surface area (Å²) in [5, 5.41) is 17.1. The predicted molar refractivity (Wildman–Crippen MR) is 123 cm³/mol. The van der Waals surface area contributed by atoms with Gasteiger partial charge < -0.3 is 14.7 Å². The predicted octanol–water partition coefficient (Wildman–Crippen LogP) is 4.20. The molecule has 3 heterocycles. The Hall–Kier alpha value is -2.42. The second-order valence-corrected chi connectivity index (χ2v) is 9.22. The summed E-state index contributed by atoms with van der Waals surface area (Å²) in [6, 6.07) is 7.42. The van der Waals surface area contributed by atoms with Gasteiger partial charge in [0.15, 0.2) is 0 Å². The largest absolute Gasteiger partial charge is 0.495 e. The number of halogens is 1. The zero-order valence-electron chi connectivity index (χ0n) is 17.6. The minimum Gasteiger partial charge on any atom is -0.495 e. The number of nitrogens with zero attached hydrogens (tertiary/aromatic N) is 3. The first-order valence-electron chi connectivity index (χ1n) is 10.1. The van der Waals surface area contributed by atoms with Crippen molar-refractivity contribution in [3.63, 3.8) is 0 Å². The van der Waals surface area contributed by atoms with E-state index in [1.54, 1.807) is 30.6 Å². The molecule has 4 rings (SSSR count). The third-order valence-corrected chi connectivity index (χ3v) is 7.51. The molecule has 3 aromatic rings. The van der Waals surface area contributed by atoms with Gasteiger partial charge in [0.1, 0.15) is 16.1 Å². The molecule has 2 N–H and O–H groups in total. The number of thiophene rings is 1. The molecule has 0 radical (unpaired) electrons. The first kappa shape index (κ1) is 21.8. The Bertz CT molecular complexity index is 1110. The number of carboxylic acids is 1. The van der Waals surface area contributed by atoms with Crippen LogP contribution in [0.15, 0.2) is 35.8 Å². The van der Waals surface area contributed by atoms with Gasteiger partial charge >= 0.3 is 5.97 Å². The average molecular weight is 461 g/mol. The number of benzene rings is 1. The lowest BCUT2D eigenvalue weighted by molar-refractivity contribution is -0.149. The fourth-order valence-corrected chi connectivity index (χ4v) is 5.30. The summed E-state index contributed by atoms with van der Waals surface area (Å²) in [5.41, 5.74) is -0.157. The quantitative estimate of drug-likeness (QED) is 0.569. The molecule has 1 fully saturated rings. The minimum absolute atomic E-state index is 0.0609. The lowest BCUT2D eigenvalue weighted by Gasteiger charge is -2.48. The molecule has 3 atom stereocenters. The van der Waals surface area contributed by atoms with Gasteiger partial charge in [0, 0.05) is 36.6 Å². The standard InChI is InChI=1S/C22H25ClN4O3S/c1-13-14(2)27(21-24-12-16-6-9-31-19(16)26-21)8-7-22(13,20(28)29)25-11-15-4-5-18(30-3)17(23)10-15/h4-6,9-10,12-14,25H,7-8,11H2,1-3H3,(H,28,29). The summed E-state index contributed by atoms with van der Waals surface area (Å²) in [7, 11) is 1.56. The number of piperidine rings is 1. The van der Waals surface area contributed by atoms with Gasteiger partial charge in [0.25, 0.3) is 0 Å². The van der Waals surface area contributed by atoms with Gasteiger partial charge in [-0.1, -0.05) is 24.6 Å². The molecule has 1 saturated heterocycles. The molecule has 0 aliphatic carbocycles. The smallest absolute Gasteiger partial charge is 0.324 e. The molecule has 3 unspecified atom stereocenters. The summed E-state index contributed by atoms with van der Waals surface area (Å²) in [5.74, 6) is 0.211. The third-order valence-electron chi connectivity index (χ3n) is 6.40. The van der Waals surface area contributed by atoms with E-state index < -0.39 is 11.5 Å². The average Bonchev–Trinajstić information content (AvgIpc) is 3.23. The van der Waals surface area contributed by atoms with Crippen molar-refractivity contribution < 1.29 is 14.6 Å². The van der Waals surface area contributed by atoms with Crippen LogP contribution in [-0.4, -0.2) is 46.3 Å². The van der Waals surface area contributed by atoms with Crippen LogP contribution < -0.4 is 15.0 Å². The van der Waals surface area contributed by atoms with Crippen LogP contribution in [0.5, 0.6) is 5.75 Å². The van der Waals surface area contributed by atoms with E-state index in [2.05, 4.69) is 15.2 Å². The number of aromatic nitrogens is 2. The van der Waals surface area contributed by atoms with E-state index in [-0.39, 0.29) is 12.0 Å². The molecule has 164 valence electrons. The maximum absolute atomic E-state index is 12.4. The zero-order chi connectivity index (χ0) is 22.2. The third kappa shape index (κ3) is 3.95. The Morgan fingerprint density at radius 1 is 1.42 bits per heavy atom. The Labute approximate surface area is 190 Å². The number of ether oxygens (including phenoxy) is 1. The van der Waals surface area contributed by atoms with Crippen LogP contribution in [-0.2, 0) is 11.3 Å². The van der Waals surface area contributed by atoms with Gasteiger partial charge in [0.2, 0.25) is 5.95 Å².